The molecule has 1 aromatic carbocycles. The molecule has 0 aliphatic rings. The van der Waals surface area contributed by atoms with Gasteiger partial charge in [0.05, 0.1) is 15.6 Å². The summed E-state index contributed by atoms with van der Waals surface area (Å²) in [5, 5.41) is 0.669. The van der Waals surface area contributed by atoms with E-state index in [9.17, 15) is 18.0 Å². The van der Waals surface area contributed by atoms with Crippen molar-refractivity contribution >= 4 is 29.0 Å². The number of hydrogen-bond acceptors (Lipinski definition) is 2. The molecule has 0 fully saturated rings. The van der Waals surface area contributed by atoms with Gasteiger partial charge in [0.15, 0.2) is 5.78 Å². The Hall–Kier alpha value is -1.59. The minimum Gasteiger partial charge on any atom is -0.292 e. The van der Waals surface area contributed by atoms with Crippen LogP contribution in [0.4, 0.5) is 13.2 Å². The standard InChI is InChI=1S/C14H8Cl2F3NO/c15-10-3-1-8(5-11(10)16)6-13(21)12-4-2-9(7-20-12)14(17,18)19/h1-5,7H,6H2. The van der Waals surface area contributed by atoms with Gasteiger partial charge in [0.2, 0.25) is 0 Å². The van der Waals surface area contributed by atoms with Gasteiger partial charge >= 0.3 is 6.18 Å². The summed E-state index contributed by atoms with van der Waals surface area (Å²) in [5.74, 6) is -0.401. The van der Waals surface area contributed by atoms with E-state index in [-0.39, 0.29) is 12.1 Å². The van der Waals surface area contributed by atoms with Crippen LogP contribution in [-0.2, 0) is 12.6 Å². The summed E-state index contributed by atoms with van der Waals surface area (Å²) in [5.41, 5.74) is -0.321. The molecule has 0 aliphatic heterocycles. The molecule has 0 atom stereocenters. The monoisotopic (exact) mass is 333 g/mol. The topological polar surface area (TPSA) is 30.0 Å². The number of carbonyl (C=O) groups is 1. The van der Waals surface area contributed by atoms with Crippen molar-refractivity contribution in [2.75, 3.05) is 0 Å². The van der Waals surface area contributed by atoms with Crippen molar-refractivity contribution in [3.8, 4) is 0 Å². The number of hydrogen-bond donors (Lipinski definition) is 0. The Morgan fingerprint density at radius 2 is 1.81 bits per heavy atom. The third-order valence-electron chi connectivity index (χ3n) is 2.73. The average Bonchev–Trinajstić information content (AvgIpc) is 2.42. The first-order valence-corrected chi connectivity index (χ1v) is 6.53. The molecule has 0 N–H and O–H groups in total. The number of halogens is 5. The summed E-state index contributed by atoms with van der Waals surface area (Å²) in [4.78, 5) is 15.5. The lowest BCUT2D eigenvalue weighted by Gasteiger charge is -2.07. The van der Waals surface area contributed by atoms with Gasteiger partial charge in [-0.3, -0.25) is 9.78 Å². The van der Waals surface area contributed by atoms with E-state index in [1.807, 2.05) is 0 Å². The molecule has 7 heteroatoms. The van der Waals surface area contributed by atoms with Crippen LogP contribution in [0.3, 0.4) is 0 Å². The van der Waals surface area contributed by atoms with Gasteiger partial charge in [0.25, 0.3) is 0 Å². The summed E-state index contributed by atoms with van der Waals surface area (Å²) < 4.78 is 37.2. The Morgan fingerprint density at radius 1 is 1.10 bits per heavy atom. The van der Waals surface area contributed by atoms with Gasteiger partial charge in [-0.15, -0.1) is 0 Å². The second kappa shape index (κ2) is 6.03. The third-order valence-corrected chi connectivity index (χ3v) is 3.46. The molecule has 0 bridgehead atoms. The van der Waals surface area contributed by atoms with Gasteiger partial charge in [-0.2, -0.15) is 13.2 Å². The van der Waals surface area contributed by atoms with Crippen molar-refractivity contribution in [1.82, 2.24) is 4.98 Å². The summed E-state index contributed by atoms with van der Waals surface area (Å²) in [7, 11) is 0. The van der Waals surface area contributed by atoms with E-state index >= 15 is 0 Å². The molecule has 21 heavy (non-hydrogen) atoms. The molecule has 0 radical (unpaired) electrons. The van der Waals surface area contributed by atoms with Gasteiger partial charge in [0.1, 0.15) is 5.69 Å². The molecule has 0 saturated carbocycles. The van der Waals surface area contributed by atoms with Gasteiger partial charge in [0, 0.05) is 12.6 Å². The Morgan fingerprint density at radius 3 is 2.33 bits per heavy atom. The second-order valence-corrected chi connectivity index (χ2v) is 5.09. The molecule has 2 aromatic rings. The zero-order chi connectivity index (χ0) is 15.6. The summed E-state index contributed by atoms with van der Waals surface area (Å²) >= 11 is 11.6. The lowest BCUT2D eigenvalue weighted by Crippen LogP contribution is -2.09. The second-order valence-electron chi connectivity index (χ2n) is 4.28. The highest BCUT2D eigenvalue weighted by Crippen LogP contribution is 2.28. The van der Waals surface area contributed by atoms with Crippen LogP contribution in [0.15, 0.2) is 36.5 Å². The molecule has 0 unspecified atom stereocenters. The number of benzene rings is 1. The van der Waals surface area contributed by atoms with E-state index < -0.39 is 17.5 Å². The van der Waals surface area contributed by atoms with Gasteiger partial charge in [-0.05, 0) is 29.8 Å². The number of aromatic nitrogens is 1. The van der Waals surface area contributed by atoms with Crippen molar-refractivity contribution in [1.29, 1.82) is 0 Å². The third kappa shape index (κ3) is 3.95. The van der Waals surface area contributed by atoms with Gasteiger partial charge in [-0.1, -0.05) is 29.3 Å². The smallest absolute Gasteiger partial charge is 0.292 e. The lowest BCUT2D eigenvalue weighted by molar-refractivity contribution is -0.137. The highest BCUT2D eigenvalue weighted by Gasteiger charge is 2.30. The minimum absolute atomic E-state index is 0.0186. The summed E-state index contributed by atoms with van der Waals surface area (Å²) in [6.45, 7) is 0. The first-order chi connectivity index (χ1) is 9.77. The maximum Gasteiger partial charge on any atom is 0.417 e. The predicted octanol–water partition coefficient (Wildman–Crippen LogP) is 4.83. The highest BCUT2D eigenvalue weighted by atomic mass is 35.5. The van der Waals surface area contributed by atoms with E-state index in [1.54, 1.807) is 12.1 Å². The van der Waals surface area contributed by atoms with Crippen LogP contribution in [0.1, 0.15) is 21.6 Å². The first-order valence-electron chi connectivity index (χ1n) is 5.78. The van der Waals surface area contributed by atoms with E-state index in [0.29, 0.717) is 21.8 Å². The van der Waals surface area contributed by atoms with Crippen LogP contribution in [0.5, 0.6) is 0 Å². The number of rotatable bonds is 3. The van der Waals surface area contributed by atoms with E-state index in [4.69, 9.17) is 23.2 Å². The van der Waals surface area contributed by atoms with Gasteiger partial charge < -0.3 is 0 Å². The fourth-order valence-corrected chi connectivity index (χ4v) is 1.97. The normalized spacial score (nSPS) is 11.5. The van der Waals surface area contributed by atoms with Crippen LogP contribution in [0.25, 0.3) is 0 Å². The predicted molar refractivity (Wildman–Crippen MR) is 73.7 cm³/mol. The number of alkyl halides is 3. The quantitative estimate of drug-likeness (QED) is 0.753. The molecular weight excluding hydrogens is 326 g/mol. The fourth-order valence-electron chi connectivity index (χ4n) is 1.65. The first kappa shape index (κ1) is 15.8. The molecule has 0 spiro atoms. The Kier molecular flexibility index (Phi) is 4.54. The summed E-state index contributed by atoms with van der Waals surface area (Å²) in [6, 6.07) is 6.59. The minimum atomic E-state index is -4.47. The number of nitrogens with zero attached hydrogens (tertiary/aromatic N) is 1. The molecule has 2 rings (SSSR count). The zero-order valence-electron chi connectivity index (χ0n) is 10.4. The van der Waals surface area contributed by atoms with Crippen LogP contribution in [-0.4, -0.2) is 10.8 Å². The molecule has 1 heterocycles. The molecule has 1 aromatic heterocycles. The van der Waals surface area contributed by atoms with Crippen LogP contribution in [0, 0.1) is 0 Å². The maximum absolute atomic E-state index is 12.4. The molecular formula is C14H8Cl2F3NO. The molecule has 0 amide bonds. The Labute approximate surface area is 128 Å². The van der Waals surface area contributed by atoms with Crippen LogP contribution >= 0.6 is 23.2 Å². The highest BCUT2D eigenvalue weighted by molar-refractivity contribution is 6.42. The number of carbonyl (C=O) groups excluding carboxylic acids is 1. The molecule has 110 valence electrons. The van der Waals surface area contributed by atoms with Crippen LogP contribution in [0.2, 0.25) is 10.0 Å². The van der Waals surface area contributed by atoms with Crippen molar-refractivity contribution in [3.63, 3.8) is 0 Å². The largest absolute Gasteiger partial charge is 0.417 e. The fraction of sp³-hybridized carbons (Fsp3) is 0.143. The van der Waals surface area contributed by atoms with Crippen molar-refractivity contribution < 1.29 is 18.0 Å². The zero-order valence-corrected chi connectivity index (χ0v) is 11.9. The number of ketones is 1. The van der Waals surface area contributed by atoms with Crippen molar-refractivity contribution in [2.24, 2.45) is 0 Å². The Bertz CT molecular complexity index is 669. The molecule has 2 nitrogen and oxygen atoms in total. The maximum atomic E-state index is 12.4. The SMILES string of the molecule is O=C(Cc1ccc(Cl)c(Cl)c1)c1ccc(C(F)(F)F)cn1. The molecule has 0 aliphatic carbocycles. The van der Waals surface area contributed by atoms with E-state index in [0.717, 1.165) is 12.1 Å². The summed E-state index contributed by atoms with van der Waals surface area (Å²) in [6.07, 6.45) is -3.85. The van der Waals surface area contributed by atoms with Crippen molar-refractivity contribution in [3.05, 3.63) is 63.4 Å². The van der Waals surface area contributed by atoms with Crippen molar-refractivity contribution in [2.45, 2.75) is 12.6 Å². The average molecular weight is 334 g/mol. The number of Topliss-reactive ketones (excluding diaryl/α,β-unsaturated/α-hetero) is 1. The van der Waals surface area contributed by atoms with Gasteiger partial charge in [-0.25, -0.2) is 0 Å². The Balaban J connectivity index is 2.15. The van der Waals surface area contributed by atoms with Crippen LogP contribution < -0.4 is 0 Å². The van der Waals surface area contributed by atoms with E-state index in [2.05, 4.69) is 4.98 Å². The molecule has 0 saturated heterocycles. The number of pyridine rings is 1. The van der Waals surface area contributed by atoms with E-state index in [1.165, 1.54) is 6.07 Å². The lowest BCUT2D eigenvalue weighted by atomic mass is 10.1.